The lowest BCUT2D eigenvalue weighted by atomic mass is 9.92. The van der Waals surface area contributed by atoms with E-state index in [4.69, 9.17) is 31.7 Å². The van der Waals surface area contributed by atoms with Gasteiger partial charge in [-0.1, -0.05) is 29.8 Å². The molecule has 3 aromatic carbocycles. The molecular weight excluding hydrogens is 848 g/mol. The first-order valence-electron chi connectivity index (χ1n) is 23.6. The lowest BCUT2D eigenvalue weighted by molar-refractivity contribution is -0.129. The van der Waals surface area contributed by atoms with Gasteiger partial charge >= 0.3 is 0 Å². The van der Waals surface area contributed by atoms with Gasteiger partial charge in [0, 0.05) is 130 Å². The average Bonchev–Trinajstić information content (AvgIpc) is 3.96. The highest BCUT2D eigenvalue weighted by Gasteiger charge is 2.33. The largest absolute Gasteiger partial charge is 0.490 e. The Hall–Kier alpha value is -6.23. The third kappa shape index (κ3) is 9.26. The summed E-state index contributed by atoms with van der Waals surface area (Å²) >= 11 is 6.19. The fourth-order valence-corrected chi connectivity index (χ4v) is 10.9. The summed E-state index contributed by atoms with van der Waals surface area (Å²) in [6, 6.07) is 24.3. The van der Waals surface area contributed by atoms with Gasteiger partial charge in [0.2, 0.25) is 5.91 Å². The van der Waals surface area contributed by atoms with Crippen molar-refractivity contribution < 1.29 is 14.3 Å². The summed E-state index contributed by atoms with van der Waals surface area (Å²) < 4.78 is 10.3. The summed E-state index contributed by atoms with van der Waals surface area (Å²) in [5.74, 6) is 1.40. The molecule has 1 N–H and O–H groups in total. The van der Waals surface area contributed by atoms with Gasteiger partial charge in [-0.2, -0.15) is 15.5 Å². The zero-order valence-electron chi connectivity index (χ0n) is 37.8. The third-order valence-corrected chi connectivity index (χ3v) is 14.8. The number of rotatable bonds is 10. The van der Waals surface area contributed by atoms with E-state index < -0.39 is 0 Å². The molecule has 340 valence electrons. The fraction of sp³-hybridized carbons (Fsp3) is 0.423. The van der Waals surface area contributed by atoms with Gasteiger partial charge in [0.05, 0.1) is 40.3 Å². The minimum Gasteiger partial charge on any atom is -0.490 e. The quantitative estimate of drug-likeness (QED) is 0.143. The molecule has 3 aromatic heterocycles. The van der Waals surface area contributed by atoms with Crippen LogP contribution in [-0.2, 0) is 24.8 Å². The molecule has 6 aromatic rings. The molecule has 1 aliphatic carbocycles. The lowest BCUT2D eigenvalue weighted by Crippen LogP contribution is -2.42. The number of carbonyl (C=O) groups is 2. The van der Waals surface area contributed by atoms with Gasteiger partial charge in [-0.3, -0.25) is 23.9 Å². The molecule has 0 unspecified atom stereocenters. The smallest absolute Gasteiger partial charge is 0.251 e. The average molecular weight is 906 g/mol. The molecule has 13 nitrogen and oxygen atoms in total. The number of benzene rings is 3. The van der Waals surface area contributed by atoms with Crippen LogP contribution in [0.4, 0.5) is 5.69 Å². The monoisotopic (exact) mass is 904 g/mol. The molecule has 3 fully saturated rings. The summed E-state index contributed by atoms with van der Waals surface area (Å²) in [5.41, 5.74) is 8.65. The maximum Gasteiger partial charge on any atom is 0.251 e. The van der Waals surface area contributed by atoms with Gasteiger partial charge in [-0.25, -0.2) is 0 Å². The van der Waals surface area contributed by atoms with E-state index in [0.717, 1.165) is 130 Å². The Kier molecular flexibility index (Phi) is 12.5. The maximum absolute atomic E-state index is 13.2. The van der Waals surface area contributed by atoms with Gasteiger partial charge < -0.3 is 24.8 Å². The molecule has 2 amide bonds. The van der Waals surface area contributed by atoms with Crippen molar-refractivity contribution in [1.82, 2.24) is 39.7 Å². The van der Waals surface area contributed by atoms with Crippen LogP contribution in [0.1, 0.15) is 91.5 Å². The van der Waals surface area contributed by atoms with Crippen molar-refractivity contribution in [3.63, 3.8) is 0 Å². The Morgan fingerprint density at radius 2 is 1.70 bits per heavy atom. The number of amides is 2. The summed E-state index contributed by atoms with van der Waals surface area (Å²) in [6.45, 7) is 8.22. The summed E-state index contributed by atoms with van der Waals surface area (Å²) in [6.07, 6.45) is 14.5. The van der Waals surface area contributed by atoms with Crippen molar-refractivity contribution in [3.8, 4) is 34.3 Å². The number of halogens is 1. The lowest BCUT2D eigenvalue weighted by Gasteiger charge is -2.39. The van der Waals surface area contributed by atoms with E-state index in [1.807, 2.05) is 42.7 Å². The van der Waals surface area contributed by atoms with Crippen LogP contribution in [0.2, 0.25) is 5.02 Å². The SMILES string of the molecule is CC(=O)N1CCc2c(c(-c3cccc4cc(-c5cnn(C)c5)ncc34)nn2C2CCN(CC3CCN(c4ccc(C(=O)NC5CCC(Oc6ccc(C#N)c(Cl)c6)CC5)cc4)CC3)CC2)C1. The number of likely N-dealkylation sites (tertiary alicyclic amines) is 1. The molecule has 6 heterocycles. The number of aryl methyl sites for hydroxylation is 1. The predicted octanol–water partition coefficient (Wildman–Crippen LogP) is 8.60. The molecule has 0 bridgehead atoms. The van der Waals surface area contributed by atoms with Crippen molar-refractivity contribution in [2.45, 2.75) is 89.4 Å². The second-order valence-corrected chi connectivity index (χ2v) is 19.1. The second kappa shape index (κ2) is 18.9. The van der Waals surface area contributed by atoms with Crippen molar-refractivity contribution in [2.75, 3.05) is 44.2 Å². The number of nitrogens with one attached hydrogen (secondary N) is 1. The van der Waals surface area contributed by atoms with Crippen LogP contribution in [0.25, 0.3) is 33.3 Å². The van der Waals surface area contributed by atoms with Crippen LogP contribution in [0.3, 0.4) is 0 Å². The minimum absolute atomic E-state index is 0.0294. The molecule has 0 atom stereocenters. The van der Waals surface area contributed by atoms with Gasteiger partial charge in [-0.15, -0.1) is 0 Å². The van der Waals surface area contributed by atoms with E-state index in [2.05, 4.69) is 67.4 Å². The highest BCUT2D eigenvalue weighted by Crippen LogP contribution is 2.38. The molecule has 3 aliphatic heterocycles. The number of aromatic nitrogens is 5. The fourth-order valence-electron chi connectivity index (χ4n) is 10.7. The topological polar surface area (TPSA) is 137 Å². The Bertz CT molecular complexity index is 2770. The number of pyridine rings is 1. The number of hydrogen-bond acceptors (Lipinski definition) is 9. The van der Waals surface area contributed by atoms with Gasteiger partial charge in [0.25, 0.3) is 5.91 Å². The maximum atomic E-state index is 13.2. The first kappa shape index (κ1) is 43.7. The Morgan fingerprint density at radius 1 is 0.909 bits per heavy atom. The van der Waals surface area contributed by atoms with Gasteiger partial charge in [0.1, 0.15) is 11.8 Å². The molecular formula is C52H57ClN10O3. The standard InChI is InChI=1S/C52H57ClN10O3/c1-34(64)62-25-20-50-47(33-62)51(45-5-3-4-37-26-49(55-30-46(37)45)39-29-56-59(2)32-39)58-63(50)42-18-21-60(22-19-42)31-35-16-23-61(24-17-35)41-11-6-36(7-12-41)52(65)57-40-9-14-43(15-10-40)66-44-13-8-38(28-54)48(53)27-44/h3-8,11-13,26-27,29-30,32,35,40,42-43H,9-10,14-25,31,33H2,1-2H3,(H,57,65). The van der Waals surface area contributed by atoms with Gasteiger partial charge in [0.15, 0.2) is 0 Å². The van der Waals surface area contributed by atoms with Crippen molar-refractivity contribution in [1.29, 1.82) is 5.26 Å². The number of fused-ring (bicyclic) bond motifs is 2. The van der Waals surface area contributed by atoms with Crippen LogP contribution in [0.5, 0.6) is 5.75 Å². The van der Waals surface area contributed by atoms with Crippen molar-refractivity contribution in [2.24, 2.45) is 13.0 Å². The molecule has 2 saturated heterocycles. The number of carbonyl (C=O) groups excluding carboxylic acids is 2. The van der Waals surface area contributed by atoms with Crippen LogP contribution >= 0.6 is 11.6 Å². The first-order valence-corrected chi connectivity index (χ1v) is 24.0. The third-order valence-electron chi connectivity index (χ3n) is 14.5. The van der Waals surface area contributed by atoms with Gasteiger partial charge in [-0.05, 0) is 105 Å². The highest BCUT2D eigenvalue weighted by molar-refractivity contribution is 6.31. The molecule has 14 heteroatoms. The second-order valence-electron chi connectivity index (χ2n) is 18.7. The van der Waals surface area contributed by atoms with E-state index >= 15 is 0 Å². The Morgan fingerprint density at radius 3 is 2.41 bits per heavy atom. The van der Waals surface area contributed by atoms with Crippen molar-refractivity contribution in [3.05, 3.63) is 113 Å². The number of ether oxygens (including phenoxy) is 1. The van der Waals surface area contributed by atoms with Crippen LogP contribution in [0.15, 0.2) is 85.3 Å². The highest BCUT2D eigenvalue weighted by atomic mass is 35.5. The predicted molar refractivity (Wildman–Crippen MR) is 256 cm³/mol. The zero-order valence-corrected chi connectivity index (χ0v) is 38.6. The van der Waals surface area contributed by atoms with E-state index in [1.54, 1.807) is 29.8 Å². The summed E-state index contributed by atoms with van der Waals surface area (Å²) in [5, 5.41) is 24.7. The number of hydrogen-bond donors (Lipinski definition) is 1. The molecule has 10 rings (SSSR count). The summed E-state index contributed by atoms with van der Waals surface area (Å²) in [7, 11) is 1.92. The Balaban J connectivity index is 0.713. The number of nitrogens with zero attached hydrogens (tertiary/aromatic N) is 9. The van der Waals surface area contributed by atoms with E-state index in [9.17, 15) is 9.59 Å². The molecule has 1 saturated carbocycles. The molecule has 66 heavy (non-hydrogen) atoms. The van der Waals surface area contributed by atoms with Crippen LogP contribution in [0, 0.1) is 17.2 Å². The molecule has 4 aliphatic rings. The molecule has 0 spiro atoms. The normalized spacial score (nSPS) is 19.7. The number of piperidine rings is 2. The zero-order chi connectivity index (χ0) is 45.3. The summed E-state index contributed by atoms with van der Waals surface area (Å²) in [4.78, 5) is 37.8. The molecule has 0 radical (unpaired) electrons. The number of anilines is 1. The minimum atomic E-state index is -0.0294. The van der Waals surface area contributed by atoms with E-state index in [-0.39, 0.29) is 24.0 Å². The van der Waals surface area contributed by atoms with E-state index in [1.165, 1.54) is 16.9 Å². The van der Waals surface area contributed by atoms with Crippen LogP contribution < -0.4 is 15.0 Å². The van der Waals surface area contributed by atoms with Crippen molar-refractivity contribution >= 4 is 39.9 Å². The first-order chi connectivity index (χ1) is 32.1. The van der Waals surface area contributed by atoms with Crippen LogP contribution in [-0.4, -0.2) is 97.6 Å². The van der Waals surface area contributed by atoms with E-state index in [0.29, 0.717) is 40.4 Å². The Labute approximate surface area is 391 Å². The number of nitriles is 1.